The molecule has 3 rings (SSSR count). The fourth-order valence-electron chi connectivity index (χ4n) is 2.03. The largest absolute Gasteiger partial charge is 0.256 e. The normalized spacial score (nSPS) is 13.4. The quantitative estimate of drug-likeness (QED) is 0.639. The molecule has 0 fully saturated rings. The lowest BCUT2D eigenvalue weighted by atomic mass is 10.0. The Kier molecular flexibility index (Phi) is 2.31. The van der Waals surface area contributed by atoms with Crippen molar-refractivity contribution < 1.29 is 4.11 Å². The summed E-state index contributed by atoms with van der Waals surface area (Å²) in [7, 11) is 0. The summed E-state index contributed by atoms with van der Waals surface area (Å²) in [5.74, 6) is 0. The molecule has 19 heavy (non-hydrogen) atoms. The molecule has 0 spiro atoms. The van der Waals surface area contributed by atoms with Gasteiger partial charge in [-0.05, 0) is 29.6 Å². The second-order valence-corrected chi connectivity index (χ2v) is 4.38. The SMILES string of the molecule is [2H]C([2H])([2H])c1ccc(-c2ccc(-c3ccccc3)cc2)nc1. The van der Waals surface area contributed by atoms with Crippen molar-refractivity contribution in [2.75, 3.05) is 0 Å². The van der Waals surface area contributed by atoms with Crippen molar-refractivity contribution in [2.45, 2.75) is 6.85 Å². The summed E-state index contributed by atoms with van der Waals surface area (Å²) in [5.41, 5.74) is 4.31. The molecule has 0 aliphatic carbocycles. The van der Waals surface area contributed by atoms with E-state index in [9.17, 15) is 0 Å². The smallest absolute Gasteiger partial charge is 0.0702 e. The van der Waals surface area contributed by atoms with Gasteiger partial charge in [-0.1, -0.05) is 60.7 Å². The minimum absolute atomic E-state index is 0.261. The van der Waals surface area contributed by atoms with Crippen molar-refractivity contribution >= 4 is 0 Å². The molecule has 1 aromatic heterocycles. The van der Waals surface area contributed by atoms with E-state index in [4.69, 9.17) is 4.11 Å². The predicted octanol–water partition coefficient (Wildman–Crippen LogP) is 4.72. The van der Waals surface area contributed by atoms with Crippen LogP contribution in [0.5, 0.6) is 0 Å². The van der Waals surface area contributed by atoms with Crippen LogP contribution < -0.4 is 0 Å². The second-order valence-electron chi connectivity index (χ2n) is 4.38. The van der Waals surface area contributed by atoms with E-state index in [1.54, 1.807) is 12.1 Å². The minimum Gasteiger partial charge on any atom is -0.256 e. The molecule has 0 aliphatic rings. The molecule has 0 saturated carbocycles. The number of aryl methyl sites for hydroxylation is 1. The summed E-state index contributed by atoms with van der Waals surface area (Å²) < 4.78 is 22.1. The lowest BCUT2D eigenvalue weighted by Crippen LogP contribution is -1.84. The highest BCUT2D eigenvalue weighted by atomic mass is 14.7. The first-order chi connectivity index (χ1) is 10.5. The first-order valence-electron chi connectivity index (χ1n) is 7.66. The third kappa shape index (κ3) is 2.55. The predicted molar refractivity (Wildman–Crippen MR) is 79.8 cm³/mol. The van der Waals surface area contributed by atoms with Crippen LogP contribution in [0, 0.1) is 6.85 Å². The molecular formula is C18H15N. The van der Waals surface area contributed by atoms with Gasteiger partial charge in [0.15, 0.2) is 0 Å². The van der Waals surface area contributed by atoms with E-state index in [2.05, 4.69) is 17.1 Å². The van der Waals surface area contributed by atoms with Crippen molar-refractivity contribution in [1.29, 1.82) is 0 Å². The van der Waals surface area contributed by atoms with Crippen molar-refractivity contribution in [3.63, 3.8) is 0 Å². The molecule has 0 atom stereocenters. The molecule has 0 unspecified atom stereocenters. The van der Waals surface area contributed by atoms with Crippen LogP contribution in [0.1, 0.15) is 9.68 Å². The van der Waals surface area contributed by atoms with Gasteiger partial charge in [0.25, 0.3) is 0 Å². The van der Waals surface area contributed by atoms with Crippen molar-refractivity contribution in [1.82, 2.24) is 4.98 Å². The number of hydrogen-bond acceptors (Lipinski definition) is 1. The van der Waals surface area contributed by atoms with Crippen molar-refractivity contribution in [2.24, 2.45) is 0 Å². The molecule has 0 saturated heterocycles. The fraction of sp³-hybridized carbons (Fsp3) is 0.0556. The first kappa shape index (κ1) is 8.65. The Bertz CT molecular complexity index is 745. The number of nitrogens with zero attached hydrogens (tertiary/aromatic N) is 1. The van der Waals surface area contributed by atoms with Crippen LogP contribution in [-0.4, -0.2) is 4.98 Å². The summed E-state index contributed by atoms with van der Waals surface area (Å²) in [6.45, 7) is -2.11. The molecular weight excluding hydrogens is 230 g/mol. The van der Waals surface area contributed by atoms with E-state index in [1.165, 1.54) is 11.8 Å². The third-order valence-electron chi connectivity index (χ3n) is 3.05. The molecule has 1 heterocycles. The average Bonchev–Trinajstić information content (AvgIpc) is 2.55. The van der Waals surface area contributed by atoms with E-state index in [-0.39, 0.29) is 5.56 Å². The average molecular weight is 248 g/mol. The van der Waals surface area contributed by atoms with Crippen LogP contribution in [0.25, 0.3) is 22.4 Å². The monoisotopic (exact) mass is 248 g/mol. The Labute approximate surface area is 117 Å². The minimum atomic E-state index is -2.11. The molecule has 0 amide bonds. The number of hydrogen-bond donors (Lipinski definition) is 0. The van der Waals surface area contributed by atoms with Gasteiger partial charge in [0.1, 0.15) is 0 Å². The van der Waals surface area contributed by atoms with Crippen LogP contribution >= 0.6 is 0 Å². The van der Waals surface area contributed by atoms with Gasteiger partial charge < -0.3 is 0 Å². The molecule has 0 bridgehead atoms. The Morgan fingerprint density at radius 3 is 2.05 bits per heavy atom. The van der Waals surface area contributed by atoms with Crippen molar-refractivity contribution in [3.05, 3.63) is 78.5 Å². The number of aromatic nitrogens is 1. The van der Waals surface area contributed by atoms with E-state index in [0.29, 0.717) is 0 Å². The number of rotatable bonds is 2. The van der Waals surface area contributed by atoms with Crippen molar-refractivity contribution in [3.8, 4) is 22.4 Å². The Hall–Kier alpha value is -2.41. The van der Waals surface area contributed by atoms with E-state index in [1.807, 2.05) is 42.5 Å². The molecule has 0 aliphatic heterocycles. The molecule has 0 N–H and O–H groups in total. The van der Waals surface area contributed by atoms with Crippen LogP contribution in [-0.2, 0) is 0 Å². The van der Waals surface area contributed by atoms with E-state index < -0.39 is 6.85 Å². The lowest BCUT2D eigenvalue weighted by molar-refractivity contribution is 1.27. The van der Waals surface area contributed by atoms with Crippen LogP contribution in [0.2, 0.25) is 0 Å². The summed E-state index contributed by atoms with van der Waals surface area (Å²) in [6.07, 6.45) is 1.42. The standard InChI is InChI=1S/C18H15N/c1-14-7-12-18(19-13-14)17-10-8-16(9-11-17)15-5-3-2-4-6-15/h2-13H,1H3/i1D3. The zero-order chi connectivity index (χ0) is 15.6. The molecule has 0 radical (unpaired) electrons. The molecule has 2 aromatic carbocycles. The molecule has 1 heteroatoms. The third-order valence-corrected chi connectivity index (χ3v) is 3.05. The van der Waals surface area contributed by atoms with Gasteiger partial charge in [-0.25, -0.2) is 0 Å². The van der Waals surface area contributed by atoms with Gasteiger partial charge in [0.05, 0.1) is 5.69 Å². The van der Waals surface area contributed by atoms with E-state index in [0.717, 1.165) is 16.8 Å². The maximum Gasteiger partial charge on any atom is 0.0702 e. The summed E-state index contributed by atoms with van der Waals surface area (Å²) in [5, 5.41) is 0. The highest BCUT2D eigenvalue weighted by molar-refractivity contribution is 5.68. The first-order valence-corrected chi connectivity index (χ1v) is 6.16. The summed E-state index contributed by atoms with van der Waals surface area (Å²) in [4.78, 5) is 4.26. The van der Waals surface area contributed by atoms with Gasteiger partial charge >= 0.3 is 0 Å². The van der Waals surface area contributed by atoms with Crippen LogP contribution in [0.4, 0.5) is 0 Å². The maximum atomic E-state index is 7.36. The maximum absolute atomic E-state index is 7.36. The topological polar surface area (TPSA) is 12.9 Å². The zero-order valence-electron chi connectivity index (χ0n) is 13.4. The molecule has 3 aromatic rings. The van der Waals surface area contributed by atoms with Gasteiger partial charge in [-0.15, -0.1) is 0 Å². The second kappa shape index (κ2) is 5.07. The number of benzene rings is 2. The molecule has 92 valence electrons. The lowest BCUT2D eigenvalue weighted by Gasteiger charge is -2.04. The van der Waals surface area contributed by atoms with Gasteiger partial charge in [0, 0.05) is 15.9 Å². The Morgan fingerprint density at radius 1 is 0.737 bits per heavy atom. The molecule has 1 nitrogen and oxygen atoms in total. The zero-order valence-corrected chi connectivity index (χ0v) is 10.4. The highest BCUT2D eigenvalue weighted by Crippen LogP contribution is 2.23. The fourth-order valence-corrected chi connectivity index (χ4v) is 2.03. The summed E-state index contributed by atoms with van der Waals surface area (Å²) >= 11 is 0. The highest BCUT2D eigenvalue weighted by Gasteiger charge is 2.00. The van der Waals surface area contributed by atoms with Crippen LogP contribution in [0.3, 0.4) is 0 Å². The van der Waals surface area contributed by atoms with Crippen LogP contribution in [0.15, 0.2) is 72.9 Å². The van der Waals surface area contributed by atoms with E-state index >= 15 is 0 Å². The summed E-state index contributed by atoms with van der Waals surface area (Å²) in [6, 6.07) is 21.6. The Morgan fingerprint density at radius 2 is 1.42 bits per heavy atom. The van der Waals surface area contributed by atoms with Gasteiger partial charge in [-0.3, -0.25) is 4.98 Å². The van der Waals surface area contributed by atoms with Gasteiger partial charge in [0.2, 0.25) is 0 Å². The Balaban J connectivity index is 1.87. The van der Waals surface area contributed by atoms with Gasteiger partial charge in [-0.2, -0.15) is 0 Å². The number of pyridine rings is 1.